The van der Waals surface area contributed by atoms with Crippen LogP contribution in [0.3, 0.4) is 0 Å². The van der Waals surface area contributed by atoms with Gasteiger partial charge in [0.25, 0.3) is 5.91 Å². The Balaban J connectivity index is 1.52. The lowest BCUT2D eigenvalue weighted by Crippen LogP contribution is -2.18. The molecule has 1 aliphatic rings. The number of amides is 1. The Morgan fingerprint density at radius 2 is 2.00 bits per heavy atom. The van der Waals surface area contributed by atoms with Crippen molar-refractivity contribution in [2.75, 3.05) is 31.3 Å². The van der Waals surface area contributed by atoms with E-state index in [9.17, 15) is 4.79 Å². The minimum absolute atomic E-state index is 0.0435. The summed E-state index contributed by atoms with van der Waals surface area (Å²) in [5, 5.41) is 10.8. The summed E-state index contributed by atoms with van der Waals surface area (Å²) in [6, 6.07) is 4.99. The fourth-order valence-corrected chi connectivity index (χ4v) is 3.29. The number of aromatic nitrogens is 4. The van der Waals surface area contributed by atoms with Crippen LogP contribution >= 0.6 is 23.2 Å². The molecule has 0 radical (unpaired) electrons. The van der Waals surface area contributed by atoms with Crippen molar-refractivity contribution in [2.45, 2.75) is 25.5 Å². The van der Waals surface area contributed by atoms with Crippen LogP contribution in [0.2, 0.25) is 10.0 Å². The number of hydrogen-bond acceptors (Lipinski definition) is 7. The lowest BCUT2D eigenvalue weighted by molar-refractivity contribution is 0.102. The molecule has 32 heavy (non-hydrogen) atoms. The van der Waals surface area contributed by atoms with Gasteiger partial charge in [-0.3, -0.25) is 9.48 Å². The first kappa shape index (κ1) is 22.3. The number of ether oxygens (including phenoxy) is 1. The average Bonchev–Trinajstić information content (AvgIpc) is 3.45. The highest BCUT2D eigenvalue weighted by Gasteiger charge is 2.28. The lowest BCUT2D eigenvalue weighted by Gasteiger charge is -2.13. The summed E-state index contributed by atoms with van der Waals surface area (Å²) < 4.78 is 7.71. The Hall–Kier alpha value is -2.88. The Morgan fingerprint density at radius 3 is 2.69 bits per heavy atom. The first-order valence-corrected chi connectivity index (χ1v) is 10.9. The Kier molecular flexibility index (Phi) is 6.78. The Morgan fingerprint density at radius 1 is 1.25 bits per heavy atom. The molecule has 0 spiro atoms. The quantitative estimate of drug-likeness (QED) is 0.481. The van der Waals surface area contributed by atoms with E-state index in [0.717, 1.165) is 31.6 Å². The monoisotopic (exact) mass is 475 g/mol. The standard InChI is InChI=1S/C21H23Cl2N7O2/c1-29(2)8-9-30-12-13(10-25-30)26-21-24-11-15(20(28-21)32-14-6-7-14)19(31)27-18-16(22)4-3-5-17(18)23/h3-5,10-12,14H,6-9H2,1-2H3,(H,27,31)(H,24,26,28). The van der Waals surface area contributed by atoms with E-state index < -0.39 is 5.91 Å². The van der Waals surface area contributed by atoms with Crippen LogP contribution in [0.1, 0.15) is 23.2 Å². The zero-order valence-electron chi connectivity index (χ0n) is 17.7. The number of nitrogens with one attached hydrogen (secondary N) is 2. The van der Waals surface area contributed by atoms with E-state index in [1.807, 2.05) is 25.0 Å². The molecule has 4 rings (SSSR count). The van der Waals surface area contributed by atoms with Crippen LogP contribution in [0, 0.1) is 0 Å². The summed E-state index contributed by atoms with van der Waals surface area (Å²) in [7, 11) is 4.02. The van der Waals surface area contributed by atoms with Crippen molar-refractivity contribution in [2.24, 2.45) is 0 Å². The summed E-state index contributed by atoms with van der Waals surface area (Å²) in [4.78, 5) is 23.7. The number of benzene rings is 1. The van der Waals surface area contributed by atoms with Gasteiger partial charge < -0.3 is 20.3 Å². The third-order valence-electron chi connectivity index (χ3n) is 4.67. The zero-order chi connectivity index (χ0) is 22.7. The normalized spacial score (nSPS) is 13.3. The summed E-state index contributed by atoms with van der Waals surface area (Å²) in [5.74, 6) is 0.0458. The summed E-state index contributed by atoms with van der Waals surface area (Å²) >= 11 is 12.3. The molecule has 0 unspecified atom stereocenters. The third kappa shape index (κ3) is 5.67. The van der Waals surface area contributed by atoms with Crippen LogP contribution in [0.5, 0.6) is 5.88 Å². The van der Waals surface area contributed by atoms with Gasteiger partial charge >= 0.3 is 0 Å². The van der Waals surface area contributed by atoms with E-state index in [1.165, 1.54) is 6.20 Å². The predicted octanol–water partition coefficient (Wildman–Crippen LogP) is 4.08. The molecule has 1 aromatic carbocycles. The van der Waals surface area contributed by atoms with Gasteiger partial charge in [-0.1, -0.05) is 29.3 Å². The van der Waals surface area contributed by atoms with Crippen LogP contribution in [-0.2, 0) is 6.54 Å². The van der Waals surface area contributed by atoms with Crippen LogP contribution in [0.15, 0.2) is 36.8 Å². The second kappa shape index (κ2) is 9.72. The molecule has 0 aliphatic heterocycles. The van der Waals surface area contributed by atoms with Gasteiger partial charge in [0.05, 0.1) is 34.2 Å². The SMILES string of the molecule is CN(C)CCn1cc(Nc2ncc(C(=O)Nc3c(Cl)cccc3Cl)c(OC3CC3)n2)cn1. The molecule has 1 saturated carbocycles. The number of anilines is 3. The van der Waals surface area contributed by atoms with Crippen molar-refractivity contribution in [1.29, 1.82) is 0 Å². The van der Waals surface area contributed by atoms with E-state index in [-0.39, 0.29) is 17.5 Å². The van der Waals surface area contributed by atoms with Gasteiger partial charge in [0.2, 0.25) is 11.8 Å². The molecule has 1 aliphatic carbocycles. The molecule has 11 heteroatoms. The molecule has 0 atom stereocenters. The molecule has 0 bridgehead atoms. The van der Waals surface area contributed by atoms with E-state index in [1.54, 1.807) is 24.4 Å². The number of likely N-dealkylation sites (N-methyl/N-ethyl adjacent to an activating group) is 1. The number of rotatable bonds is 9. The van der Waals surface area contributed by atoms with Gasteiger partial charge in [-0.2, -0.15) is 10.1 Å². The highest BCUT2D eigenvalue weighted by atomic mass is 35.5. The molecule has 2 heterocycles. The average molecular weight is 476 g/mol. The molecule has 3 aromatic rings. The van der Waals surface area contributed by atoms with Crippen molar-refractivity contribution in [3.8, 4) is 5.88 Å². The van der Waals surface area contributed by atoms with Crippen molar-refractivity contribution in [1.82, 2.24) is 24.6 Å². The van der Waals surface area contributed by atoms with Gasteiger partial charge in [-0.05, 0) is 39.1 Å². The molecule has 1 amide bonds. The van der Waals surface area contributed by atoms with Gasteiger partial charge in [-0.25, -0.2) is 4.98 Å². The molecule has 2 aromatic heterocycles. The summed E-state index contributed by atoms with van der Waals surface area (Å²) in [6.45, 7) is 1.63. The van der Waals surface area contributed by atoms with E-state index in [4.69, 9.17) is 27.9 Å². The van der Waals surface area contributed by atoms with E-state index in [2.05, 4.69) is 30.6 Å². The number of carbonyl (C=O) groups is 1. The molecular weight excluding hydrogens is 453 g/mol. The maximum atomic E-state index is 12.9. The van der Waals surface area contributed by atoms with Crippen LogP contribution in [0.4, 0.5) is 17.3 Å². The van der Waals surface area contributed by atoms with Crippen LogP contribution < -0.4 is 15.4 Å². The minimum Gasteiger partial charge on any atom is -0.474 e. The smallest absolute Gasteiger partial charge is 0.262 e. The molecule has 0 saturated heterocycles. The van der Waals surface area contributed by atoms with Gasteiger partial charge in [0.1, 0.15) is 11.7 Å². The lowest BCUT2D eigenvalue weighted by atomic mass is 10.2. The molecular formula is C21H23Cl2N7O2. The number of nitrogens with zero attached hydrogens (tertiary/aromatic N) is 5. The van der Waals surface area contributed by atoms with Crippen LogP contribution in [-0.4, -0.2) is 57.3 Å². The van der Waals surface area contributed by atoms with E-state index in [0.29, 0.717) is 21.7 Å². The summed E-state index contributed by atoms with van der Waals surface area (Å²) in [6.07, 6.45) is 6.87. The number of para-hydroxylation sites is 1. The molecule has 1 fully saturated rings. The minimum atomic E-state index is -0.460. The highest BCUT2D eigenvalue weighted by Crippen LogP contribution is 2.32. The fourth-order valence-electron chi connectivity index (χ4n) is 2.80. The number of halogens is 2. The van der Waals surface area contributed by atoms with Crippen LogP contribution in [0.25, 0.3) is 0 Å². The van der Waals surface area contributed by atoms with Gasteiger partial charge in [-0.15, -0.1) is 0 Å². The van der Waals surface area contributed by atoms with Gasteiger partial charge in [0, 0.05) is 18.9 Å². The van der Waals surface area contributed by atoms with Crippen molar-refractivity contribution in [3.05, 3.63) is 52.4 Å². The predicted molar refractivity (Wildman–Crippen MR) is 124 cm³/mol. The maximum Gasteiger partial charge on any atom is 0.262 e. The highest BCUT2D eigenvalue weighted by molar-refractivity contribution is 6.40. The third-order valence-corrected chi connectivity index (χ3v) is 5.30. The molecule has 2 N–H and O–H groups in total. The zero-order valence-corrected chi connectivity index (χ0v) is 19.2. The largest absolute Gasteiger partial charge is 0.474 e. The second-order valence-corrected chi connectivity index (χ2v) is 8.52. The molecule has 168 valence electrons. The number of hydrogen-bond donors (Lipinski definition) is 2. The molecule has 9 nitrogen and oxygen atoms in total. The Bertz CT molecular complexity index is 1100. The first-order chi connectivity index (χ1) is 15.4. The van der Waals surface area contributed by atoms with Crippen molar-refractivity contribution >= 4 is 46.4 Å². The Labute approximate surface area is 195 Å². The first-order valence-electron chi connectivity index (χ1n) is 10.1. The van der Waals surface area contributed by atoms with Crippen molar-refractivity contribution < 1.29 is 9.53 Å². The van der Waals surface area contributed by atoms with E-state index >= 15 is 0 Å². The summed E-state index contributed by atoms with van der Waals surface area (Å²) in [5.41, 5.74) is 1.26. The number of carbonyl (C=O) groups excluding carboxylic acids is 1. The van der Waals surface area contributed by atoms with Gasteiger partial charge in [0.15, 0.2) is 0 Å². The fraction of sp³-hybridized carbons (Fsp3) is 0.333. The second-order valence-electron chi connectivity index (χ2n) is 7.70. The van der Waals surface area contributed by atoms with Crippen molar-refractivity contribution in [3.63, 3.8) is 0 Å². The topological polar surface area (TPSA) is 97.2 Å². The maximum absolute atomic E-state index is 12.9.